The molecule has 0 aromatic carbocycles. The van der Waals surface area contributed by atoms with Gasteiger partial charge in [-0.3, -0.25) is 14.9 Å². The van der Waals surface area contributed by atoms with Crippen molar-refractivity contribution in [3.05, 3.63) is 22.9 Å². The summed E-state index contributed by atoms with van der Waals surface area (Å²) < 4.78 is 0. The fourth-order valence-electron chi connectivity index (χ4n) is 2.12. The third kappa shape index (κ3) is 2.66. The Morgan fingerprint density at radius 3 is 3.00 bits per heavy atom. The van der Waals surface area contributed by atoms with Crippen LogP contribution in [0.2, 0.25) is 0 Å². The molecule has 3 heterocycles. The Balaban J connectivity index is 1.83. The molecule has 0 saturated carbocycles. The summed E-state index contributed by atoms with van der Waals surface area (Å²) in [6.45, 7) is 1.56. The fraction of sp³-hybridized carbons (Fsp3) is 0.333. The van der Waals surface area contributed by atoms with Crippen LogP contribution in [0.5, 0.6) is 0 Å². The summed E-state index contributed by atoms with van der Waals surface area (Å²) in [5, 5.41) is 1.85. The minimum absolute atomic E-state index is 0.148. The van der Waals surface area contributed by atoms with E-state index in [0.717, 1.165) is 31.3 Å². The second-order valence-electron chi connectivity index (χ2n) is 4.63. The van der Waals surface area contributed by atoms with Crippen LogP contribution in [-0.2, 0) is 4.79 Å². The van der Waals surface area contributed by atoms with Crippen molar-refractivity contribution < 1.29 is 9.59 Å². The van der Waals surface area contributed by atoms with E-state index in [1.165, 1.54) is 0 Å². The fourth-order valence-corrected chi connectivity index (χ4v) is 2.79. The highest BCUT2D eigenvalue weighted by atomic mass is 32.2. The number of carbonyl (C=O) groups is 2. The molecule has 0 aliphatic carbocycles. The van der Waals surface area contributed by atoms with Gasteiger partial charge >= 0.3 is 0 Å². The third-order valence-corrected chi connectivity index (χ3v) is 3.90. The molecule has 0 bridgehead atoms. The van der Waals surface area contributed by atoms with Gasteiger partial charge in [0.05, 0.1) is 10.6 Å². The zero-order chi connectivity index (χ0) is 14.1. The maximum Gasteiger partial charge on any atom is 0.290 e. The van der Waals surface area contributed by atoms with Gasteiger partial charge in [0.25, 0.3) is 11.1 Å². The van der Waals surface area contributed by atoms with E-state index in [1.54, 1.807) is 18.3 Å². The first-order valence-corrected chi connectivity index (χ1v) is 7.02. The number of carbonyl (C=O) groups excluding carboxylic acids is 2. The zero-order valence-electron chi connectivity index (χ0n) is 10.6. The highest BCUT2D eigenvalue weighted by Crippen LogP contribution is 2.25. The number of amides is 2. The molecule has 1 aromatic heterocycles. The molecule has 0 spiro atoms. The van der Waals surface area contributed by atoms with Gasteiger partial charge in [-0.2, -0.15) is 0 Å². The van der Waals surface area contributed by atoms with Crippen LogP contribution in [0.25, 0.3) is 6.08 Å². The first-order valence-electron chi connectivity index (χ1n) is 6.20. The SMILES string of the molecule is NC1CCN(c2nccc(/C=C3\SC(=O)NC3=O)n2)C1. The molecule has 3 N–H and O–H groups in total. The number of hydrogen-bond donors (Lipinski definition) is 2. The number of anilines is 1. The largest absolute Gasteiger partial charge is 0.339 e. The molecule has 1 atom stereocenters. The van der Waals surface area contributed by atoms with Crippen LogP contribution in [-0.4, -0.2) is 40.2 Å². The van der Waals surface area contributed by atoms with Crippen molar-refractivity contribution in [3.8, 4) is 0 Å². The second kappa shape index (κ2) is 5.22. The summed E-state index contributed by atoms with van der Waals surface area (Å²) in [4.78, 5) is 33.6. The van der Waals surface area contributed by atoms with E-state index >= 15 is 0 Å². The lowest BCUT2D eigenvalue weighted by Gasteiger charge is -2.15. The van der Waals surface area contributed by atoms with Gasteiger partial charge in [0.1, 0.15) is 0 Å². The van der Waals surface area contributed by atoms with E-state index in [0.29, 0.717) is 16.5 Å². The predicted octanol–water partition coefficient (Wildman–Crippen LogP) is 0.338. The molecule has 2 amide bonds. The number of thioether (sulfide) groups is 1. The quantitative estimate of drug-likeness (QED) is 0.757. The van der Waals surface area contributed by atoms with Crippen LogP contribution in [0.4, 0.5) is 10.7 Å². The van der Waals surface area contributed by atoms with Crippen molar-refractivity contribution in [1.29, 1.82) is 0 Å². The van der Waals surface area contributed by atoms with E-state index in [1.807, 2.05) is 4.90 Å². The predicted molar refractivity (Wildman–Crippen MR) is 75.9 cm³/mol. The molecule has 2 fully saturated rings. The second-order valence-corrected chi connectivity index (χ2v) is 5.64. The number of imide groups is 1. The van der Waals surface area contributed by atoms with Crippen LogP contribution in [0.1, 0.15) is 12.1 Å². The van der Waals surface area contributed by atoms with Crippen LogP contribution in [0.15, 0.2) is 17.2 Å². The average Bonchev–Trinajstić information content (AvgIpc) is 2.97. The average molecular weight is 291 g/mol. The summed E-state index contributed by atoms with van der Waals surface area (Å²) in [5.74, 6) is 0.213. The lowest BCUT2D eigenvalue weighted by molar-refractivity contribution is -0.115. The van der Waals surface area contributed by atoms with Gasteiger partial charge in [0, 0.05) is 25.3 Å². The van der Waals surface area contributed by atoms with Crippen molar-refractivity contribution >= 4 is 34.9 Å². The van der Waals surface area contributed by atoms with Crippen molar-refractivity contribution in [2.45, 2.75) is 12.5 Å². The third-order valence-electron chi connectivity index (χ3n) is 3.09. The van der Waals surface area contributed by atoms with Gasteiger partial charge < -0.3 is 10.6 Å². The molecule has 1 unspecified atom stereocenters. The van der Waals surface area contributed by atoms with E-state index in [9.17, 15) is 9.59 Å². The molecule has 104 valence electrons. The summed E-state index contributed by atoms with van der Waals surface area (Å²) in [7, 11) is 0. The molecule has 2 aliphatic rings. The van der Waals surface area contributed by atoms with Gasteiger partial charge in [0.15, 0.2) is 0 Å². The molecule has 2 saturated heterocycles. The van der Waals surface area contributed by atoms with E-state index in [2.05, 4.69) is 15.3 Å². The summed E-state index contributed by atoms with van der Waals surface area (Å²) in [5.41, 5.74) is 6.46. The van der Waals surface area contributed by atoms with Crippen molar-refractivity contribution in [1.82, 2.24) is 15.3 Å². The van der Waals surface area contributed by atoms with Gasteiger partial charge in [-0.1, -0.05) is 0 Å². The van der Waals surface area contributed by atoms with E-state index in [4.69, 9.17) is 5.73 Å². The van der Waals surface area contributed by atoms with Gasteiger partial charge in [-0.25, -0.2) is 9.97 Å². The van der Waals surface area contributed by atoms with Gasteiger partial charge in [-0.15, -0.1) is 0 Å². The molecular weight excluding hydrogens is 278 g/mol. The van der Waals surface area contributed by atoms with Gasteiger partial charge in [0.2, 0.25) is 5.95 Å². The minimum Gasteiger partial charge on any atom is -0.339 e. The minimum atomic E-state index is -0.386. The summed E-state index contributed by atoms with van der Waals surface area (Å²) in [6, 6.07) is 1.85. The number of nitrogens with one attached hydrogen (secondary N) is 1. The van der Waals surface area contributed by atoms with Crippen LogP contribution < -0.4 is 16.0 Å². The van der Waals surface area contributed by atoms with E-state index < -0.39 is 0 Å². The highest BCUT2D eigenvalue weighted by molar-refractivity contribution is 8.18. The standard InChI is InChI=1S/C12H13N5O2S/c13-7-2-4-17(6-7)11-14-3-1-8(15-11)5-9-10(18)16-12(19)20-9/h1,3,5,7H,2,4,6,13H2,(H,16,18,19)/b9-5-. The Morgan fingerprint density at radius 1 is 1.50 bits per heavy atom. The molecule has 7 nitrogen and oxygen atoms in total. The smallest absolute Gasteiger partial charge is 0.290 e. The van der Waals surface area contributed by atoms with Crippen molar-refractivity contribution in [2.24, 2.45) is 5.73 Å². The number of nitrogens with two attached hydrogens (primary N) is 1. The maximum absolute atomic E-state index is 11.5. The Labute approximate surface area is 119 Å². The molecule has 20 heavy (non-hydrogen) atoms. The first-order chi connectivity index (χ1) is 9.61. The van der Waals surface area contributed by atoms with Crippen LogP contribution in [0.3, 0.4) is 0 Å². The van der Waals surface area contributed by atoms with Crippen molar-refractivity contribution in [2.75, 3.05) is 18.0 Å². The highest BCUT2D eigenvalue weighted by Gasteiger charge is 2.25. The topological polar surface area (TPSA) is 101 Å². The van der Waals surface area contributed by atoms with Crippen molar-refractivity contribution in [3.63, 3.8) is 0 Å². The summed E-state index contributed by atoms with van der Waals surface area (Å²) >= 11 is 0.875. The van der Waals surface area contributed by atoms with E-state index in [-0.39, 0.29) is 17.2 Å². The normalized spacial score (nSPS) is 24.6. The molecule has 3 rings (SSSR count). The molecule has 1 aromatic rings. The molecule has 8 heteroatoms. The summed E-state index contributed by atoms with van der Waals surface area (Å²) in [6.07, 6.45) is 4.14. The first kappa shape index (κ1) is 13.1. The monoisotopic (exact) mass is 291 g/mol. The molecule has 0 radical (unpaired) electrons. The Kier molecular flexibility index (Phi) is 3.41. The lowest BCUT2D eigenvalue weighted by atomic mass is 10.3. The van der Waals surface area contributed by atoms with Crippen LogP contribution in [0, 0.1) is 0 Å². The number of hydrogen-bond acceptors (Lipinski definition) is 7. The zero-order valence-corrected chi connectivity index (χ0v) is 11.4. The Morgan fingerprint density at radius 2 is 2.35 bits per heavy atom. The number of rotatable bonds is 2. The Bertz CT molecular complexity index is 603. The lowest BCUT2D eigenvalue weighted by Crippen LogP contribution is -2.27. The maximum atomic E-state index is 11.5. The molecule has 2 aliphatic heterocycles. The van der Waals surface area contributed by atoms with Gasteiger partial charge in [-0.05, 0) is 30.3 Å². The number of nitrogens with zero attached hydrogens (tertiary/aromatic N) is 3. The number of aromatic nitrogens is 2. The Hall–Kier alpha value is -1.93. The van der Waals surface area contributed by atoms with Crippen LogP contribution >= 0.6 is 11.8 Å². The molecular formula is C12H13N5O2S.